The van der Waals surface area contributed by atoms with Crippen LogP contribution in [0.2, 0.25) is 0 Å². The lowest BCUT2D eigenvalue weighted by atomic mass is 10.1. The zero-order chi connectivity index (χ0) is 18.3. The van der Waals surface area contributed by atoms with Gasteiger partial charge in [0.1, 0.15) is 5.82 Å². The van der Waals surface area contributed by atoms with Crippen LogP contribution in [0, 0.1) is 6.92 Å². The van der Waals surface area contributed by atoms with E-state index in [1.54, 1.807) is 17.5 Å². The van der Waals surface area contributed by atoms with Crippen LogP contribution in [0.1, 0.15) is 17.0 Å². The second-order valence-electron chi connectivity index (χ2n) is 5.79. The van der Waals surface area contributed by atoms with Gasteiger partial charge in [-0.25, -0.2) is 9.97 Å². The van der Waals surface area contributed by atoms with Gasteiger partial charge in [0.15, 0.2) is 10.8 Å². The van der Waals surface area contributed by atoms with E-state index in [-0.39, 0.29) is 0 Å². The molecular formula is C18H13F3N4S. The number of para-hydroxylation sites is 1. The summed E-state index contributed by atoms with van der Waals surface area (Å²) in [6.45, 7) is 1.79. The van der Waals surface area contributed by atoms with Gasteiger partial charge in [-0.1, -0.05) is 42.1 Å². The summed E-state index contributed by atoms with van der Waals surface area (Å²) in [4.78, 5) is 9.06. The molecule has 0 aliphatic rings. The fraction of sp³-hybridized carbons (Fsp3) is 0.167. The SMILES string of the molecule is Cc1nc2c3ccccc3nc(SCc3cccc(C(F)(F)F)c3)n2n1. The molecule has 2 aromatic carbocycles. The highest BCUT2D eigenvalue weighted by Gasteiger charge is 2.30. The second-order valence-corrected chi connectivity index (χ2v) is 6.74. The third kappa shape index (κ3) is 3.12. The summed E-state index contributed by atoms with van der Waals surface area (Å²) in [5.41, 5.74) is 1.40. The van der Waals surface area contributed by atoms with Gasteiger partial charge in [-0.3, -0.25) is 0 Å². The van der Waals surface area contributed by atoms with Crippen LogP contribution >= 0.6 is 11.8 Å². The number of thioether (sulfide) groups is 1. The van der Waals surface area contributed by atoms with E-state index >= 15 is 0 Å². The molecule has 4 aromatic rings. The summed E-state index contributed by atoms with van der Waals surface area (Å²) < 4.78 is 40.3. The summed E-state index contributed by atoms with van der Waals surface area (Å²) in [5.74, 6) is 0.965. The van der Waals surface area contributed by atoms with Crippen molar-refractivity contribution < 1.29 is 13.2 Å². The Labute approximate surface area is 151 Å². The molecule has 0 unspecified atom stereocenters. The second kappa shape index (κ2) is 6.28. The van der Waals surface area contributed by atoms with Crippen molar-refractivity contribution in [1.29, 1.82) is 0 Å². The molecule has 0 N–H and O–H groups in total. The Morgan fingerprint density at radius 1 is 1.04 bits per heavy atom. The third-order valence-electron chi connectivity index (χ3n) is 3.88. The molecule has 2 heterocycles. The van der Waals surface area contributed by atoms with Crippen LogP contribution in [0.3, 0.4) is 0 Å². The minimum atomic E-state index is -4.35. The molecule has 0 atom stereocenters. The van der Waals surface area contributed by atoms with Crippen LogP contribution in [0.4, 0.5) is 13.2 Å². The van der Waals surface area contributed by atoms with Gasteiger partial charge in [0.2, 0.25) is 0 Å². The molecule has 0 spiro atoms. The predicted molar refractivity (Wildman–Crippen MR) is 94.0 cm³/mol. The van der Waals surface area contributed by atoms with Crippen LogP contribution in [0.5, 0.6) is 0 Å². The molecule has 0 amide bonds. The topological polar surface area (TPSA) is 43.1 Å². The quantitative estimate of drug-likeness (QED) is 0.378. The van der Waals surface area contributed by atoms with E-state index in [4.69, 9.17) is 0 Å². The molecule has 0 radical (unpaired) electrons. The van der Waals surface area contributed by atoms with Crippen LogP contribution in [0.15, 0.2) is 53.7 Å². The first kappa shape index (κ1) is 16.8. The molecule has 4 rings (SSSR count). The van der Waals surface area contributed by atoms with E-state index in [1.165, 1.54) is 17.8 Å². The third-order valence-corrected chi connectivity index (χ3v) is 4.88. The minimum absolute atomic E-state index is 0.350. The molecule has 2 aromatic heterocycles. The van der Waals surface area contributed by atoms with E-state index in [0.29, 0.717) is 27.9 Å². The number of nitrogens with zero attached hydrogens (tertiary/aromatic N) is 4. The van der Waals surface area contributed by atoms with Crippen molar-refractivity contribution in [2.45, 2.75) is 24.0 Å². The van der Waals surface area contributed by atoms with Gasteiger partial charge in [0, 0.05) is 11.1 Å². The maximum absolute atomic E-state index is 12.9. The molecule has 0 saturated carbocycles. The maximum atomic E-state index is 12.9. The molecule has 0 aliphatic carbocycles. The number of rotatable bonds is 3. The number of hydrogen-bond acceptors (Lipinski definition) is 4. The fourth-order valence-electron chi connectivity index (χ4n) is 2.71. The first-order valence-electron chi connectivity index (χ1n) is 7.83. The van der Waals surface area contributed by atoms with Gasteiger partial charge in [0.25, 0.3) is 0 Å². The molecule has 132 valence electrons. The predicted octanol–water partition coefficient (Wildman–Crippen LogP) is 4.90. The van der Waals surface area contributed by atoms with Crippen molar-refractivity contribution in [3.05, 3.63) is 65.5 Å². The van der Waals surface area contributed by atoms with Gasteiger partial charge in [-0.2, -0.15) is 17.7 Å². The number of aryl methyl sites for hydroxylation is 1. The maximum Gasteiger partial charge on any atom is 0.416 e. The zero-order valence-corrected chi connectivity index (χ0v) is 14.5. The number of aromatic nitrogens is 4. The Bertz CT molecular complexity index is 1100. The number of benzene rings is 2. The van der Waals surface area contributed by atoms with Gasteiger partial charge in [-0.05, 0) is 30.7 Å². The molecule has 0 saturated heterocycles. The van der Waals surface area contributed by atoms with Gasteiger partial charge >= 0.3 is 6.18 Å². The van der Waals surface area contributed by atoms with Crippen molar-refractivity contribution in [3.63, 3.8) is 0 Å². The average Bonchev–Trinajstić information content (AvgIpc) is 3.01. The lowest BCUT2D eigenvalue weighted by Crippen LogP contribution is -2.05. The average molecular weight is 374 g/mol. The molecule has 26 heavy (non-hydrogen) atoms. The van der Waals surface area contributed by atoms with E-state index in [9.17, 15) is 13.2 Å². The molecular weight excluding hydrogens is 361 g/mol. The van der Waals surface area contributed by atoms with E-state index in [1.807, 2.05) is 24.3 Å². The molecule has 0 aliphatic heterocycles. The van der Waals surface area contributed by atoms with Crippen molar-refractivity contribution >= 4 is 28.3 Å². The van der Waals surface area contributed by atoms with E-state index in [2.05, 4.69) is 15.1 Å². The number of fused-ring (bicyclic) bond motifs is 3. The van der Waals surface area contributed by atoms with Crippen molar-refractivity contribution in [2.75, 3.05) is 0 Å². The van der Waals surface area contributed by atoms with Gasteiger partial charge < -0.3 is 0 Å². The summed E-state index contributed by atoms with van der Waals surface area (Å²) >= 11 is 1.33. The normalized spacial score (nSPS) is 12.2. The van der Waals surface area contributed by atoms with Crippen molar-refractivity contribution in [3.8, 4) is 0 Å². The highest BCUT2D eigenvalue weighted by atomic mass is 32.2. The molecule has 0 bridgehead atoms. The zero-order valence-electron chi connectivity index (χ0n) is 13.7. The lowest BCUT2D eigenvalue weighted by Gasteiger charge is -2.09. The monoisotopic (exact) mass is 374 g/mol. The molecule has 8 heteroatoms. The summed E-state index contributed by atoms with van der Waals surface area (Å²) in [5, 5.41) is 5.85. The minimum Gasteiger partial charge on any atom is -0.222 e. The highest BCUT2D eigenvalue weighted by molar-refractivity contribution is 7.98. The van der Waals surface area contributed by atoms with Crippen LogP contribution in [0.25, 0.3) is 16.6 Å². The van der Waals surface area contributed by atoms with Gasteiger partial charge in [-0.15, -0.1) is 5.10 Å². The Morgan fingerprint density at radius 3 is 2.65 bits per heavy atom. The number of hydrogen-bond donors (Lipinski definition) is 0. The first-order valence-corrected chi connectivity index (χ1v) is 8.81. The summed E-state index contributed by atoms with van der Waals surface area (Å²) in [6.07, 6.45) is -4.35. The van der Waals surface area contributed by atoms with Crippen molar-refractivity contribution in [1.82, 2.24) is 19.6 Å². The Kier molecular flexibility index (Phi) is 4.07. The Balaban J connectivity index is 1.71. The fourth-order valence-corrected chi connectivity index (χ4v) is 3.60. The van der Waals surface area contributed by atoms with Gasteiger partial charge in [0.05, 0.1) is 11.1 Å². The van der Waals surface area contributed by atoms with Crippen LogP contribution < -0.4 is 0 Å². The Hall–Kier alpha value is -2.61. The van der Waals surface area contributed by atoms with Crippen molar-refractivity contribution in [2.24, 2.45) is 0 Å². The first-order chi connectivity index (χ1) is 12.4. The molecule has 4 nitrogen and oxygen atoms in total. The Morgan fingerprint density at radius 2 is 1.85 bits per heavy atom. The highest BCUT2D eigenvalue weighted by Crippen LogP contribution is 2.31. The standard InChI is InChI=1S/C18H13F3N4S/c1-11-22-16-14-7-2-3-8-15(14)23-17(25(16)24-11)26-10-12-5-4-6-13(9-12)18(19,20)21/h2-9H,10H2,1H3. The van der Waals surface area contributed by atoms with E-state index < -0.39 is 11.7 Å². The summed E-state index contributed by atoms with van der Waals surface area (Å²) in [6, 6.07) is 12.9. The van der Waals surface area contributed by atoms with Crippen LogP contribution in [-0.2, 0) is 11.9 Å². The molecule has 0 fully saturated rings. The smallest absolute Gasteiger partial charge is 0.222 e. The largest absolute Gasteiger partial charge is 0.416 e. The van der Waals surface area contributed by atoms with E-state index in [0.717, 1.165) is 23.0 Å². The number of halogens is 3. The summed E-state index contributed by atoms with van der Waals surface area (Å²) in [7, 11) is 0. The lowest BCUT2D eigenvalue weighted by molar-refractivity contribution is -0.137. The number of alkyl halides is 3. The van der Waals surface area contributed by atoms with Crippen LogP contribution in [-0.4, -0.2) is 19.6 Å².